The summed E-state index contributed by atoms with van der Waals surface area (Å²) in [6, 6.07) is 44.2. The van der Waals surface area contributed by atoms with Crippen LogP contribution in [-0.4, -0.2) is 62.8 Å². The lowest BCUT2D eigenvalue weighted by Crippen LogP contribution is -2.50. The molecule has 272 valence electrons. The Bertz CT molecular complexity index is 3860. The van der Waals surface area contributed by atoms with Crippen LogP contribution >= 0.6 is 0 Å². The zero-order valence-corrected chi connectivity index (χ0v) is 35.4. The molecule has 10 heteroatoms. The molecule has 12 rings (SSSR count). The molecule has 0 bridgehead atoms. The van der Waals surface area contributed by atoms with Crippen molar-refractivity contribution in [1.29, 1.82) is 0 Å². The zero-order chi connectivity index (χ0) is 40.9. The van der Waals surface area contributed by atoms with Gasteiger partial charge >= 0.3 is 0 Å². The number of furan rings is 2. The molecule has 0 saturated heterocycles. The first-order valence-electron chi connectivity index (χ1n) is 21.2. The van der Waals surface area contributed by atoms with Crippen LogP contribution in [0.25, 0.3) is 120 Å². The summed E-state index contributed by atoms with van der Waals surface area (Å²) in [4.78, 5) is 0. The highest BCUT2D eigenvalue weighted by atomic mass is 16.3. The Labute approximate surface area is 354 Å². The number of para-hydroxylation sites is 1. The normalized spacial score (nSPS) is 12.2. The summed E-state index contributed by atoms with van der Waals surface area (Å²) >= 11 is 0. The monoisotopic (exact) mass is 756 g/mol. The second-order valence-corrected chi connectivity index (χ2v) is 17.3. The summed E-state index contributed by atoms with van der Waals surface area (Å²) in [5, 5.41) is 17.2. The topological polar surface area (TPSA) is 26.3 Å². The quantitative estimate of drug-likeness (QED) is 0.192. The van der Waals surface area contributed by atoms with Crippen LogP contribution in [0.1, 0.15) is 0 Å². The molecule has 2 heterocycles. The molecule has 0 unspecified atom stereocenters. The van der Waals surface area contributed by atoms with Gasteiger partial charge in [0.1, 0.15) is 85.1 Å². The van der Waals surface area contributed by atoms with Crippen molar-refractivity contribution in [2.24, 2.45) is 0 Å². The van der Waals surface area contributed by atoms with E-state index in [1.807, 2.05) is 0 Å². The predicted molar refractivity (Wildman–Crippen MR) is 285 cm³/mol. The van der Waals surface area contributed by atoms with E-state index in [1.165, 1.54) is 136 Å². The molecule has 0 aliphatic heterocycles. The second-order valence-electron chi connectivity index (χ2n) is 17.3. The maximum Gasteiger partial charge on any atom is 0.139 e. The molecule has 0 aliphatic rings. The number of hydrogen-bond acceptors (Lipinski definition) is 2. The van der Waals surface area contributed by atoms with Crippen molar-refractivity contribution in [3.05, 3.63) is 121 Å². The smallest absolute Gasteiger partial charge is 0.139 e. The molecule has 0 radical (unpaired) electrons. The fraction of sp³-hybridized carbons (Fsp3) is 0. The lowest BCUT2D eigenvalue weighted by Gasteiger charge is -2.29. The van der Waals surface area contributed by atoms with Gasteiger partial charge in [-0.15, -0.1) is 21.9 Å². The van der Waals surface area contributed by atoms with E-state index in [2.05, 4.69) is 184 Å². The number of rotatable bonds is 2. The summed E-state index contributed by atoms with van der Waals surface area (Å²) in [6.07, 6.45) is 0. The molecule has 12 aromatic rings. The second kappa shape index (κ2) is 12.6. The highest BCUT2D eigenvalue weighted by molar-refractivity contribution is 6.71. The highest BCUT2D eigenvalue weighted by Gasteiger charge is 2.28. The third-order valence-electron chi connectivity index (χ3n) is 14.7. The summed E-state index contributed by atoms with van der Waals surface area (Å²) in [6.45, 7) is 0. The fourth-order valence-electron chi connectivity index (χ4n) is 11.1. The third-order valence-corrected chi connectivity index (χ3v) is 14.7. The van der Waals surface area contributed by atoms with Crippen LogP contribution in [0.2, 0.25) is 0 Å². The standard InChI is InChI=1S/C50H36B8O2/c51-43-39-37(28-19-32-34(25-13-5-3-11-23(25)28)27-15-7-8-16-30(27)59-32)40-42(46(54)50(58)48(56)44(40)52)38(41(39)45(53)49(57)47(43)55)29-20-33-36(26-14-6-4-12-24(26)29)35-22-10-2-1-9-21(22)17-18-31(35)60-33/h1-20H,51-58H2. The van der Waals surface area contributed by atoms with E-state index in [0.717, 1.165) is 27.7 Å². The molecule has 0 N–H and O–H groups in total. The third kappa shape index (κ3) is 4.54. The van der Waals surface area contributed by atoms with Crippen LogP contribution in [0.5, 0.6) is 0 Å². The molecule has 0 amide bonds. The molecular weight excluding hydrogens is 719 g/mol. The molecule has 60 heavy (non-hydrogen) atoms. The summed E-state index contributed by atoms with van der Waals surface area (Å²) < 4.78 is 13.7. The van der Waals surface area contributed by atoms with E-state index in [1.54, 1.807) is 0 Å². The van der Waals surface area contributed by atoms with Crippen LogP contribution in [0.3, 0.4) is 0 Å². The molecule has 0 aliphatic carbocycles. The van der Waals surface area contributed by atoms with E-state index >= 15 is 0 Å². The molecular formula is C50H36B8O2. The highest BCUT2D eigenvalue weighted by Crippen LogP contribution is 2.49. The Morgan fingerprint density at radius 2 is 0.650 bits per heavy atom. The first-order valence-corrected chi connectivity index (χ1v) is 21.2. The van der Waals surface area contributed by atoms with E-state index in [-0.39, 0.29) is 0 Å². The first kappa shape index (κ1) is 35.6. The Kier molecular flexibility index (Phi) is 7.45. The van der Waals surface area contributed by atoms with Crippen molar-refractivity contribution in [3.63, 3.8) is 0 Å². The maximum atomic E-state index is 6.95. The van der Waals surface area contributed by atoms with E-state index in [9.17, 15) is 0 Å². The Morgan fingerprint density at radius 1 is 0.267 bits per heavy atom. The Morgan fingerprint density at radius 3 is 1.18 bits per heavy atom. The van der Waals surface area contributed by atoms with Crippen LogP contribution in [0, 0.1) is 0 Å². The van der Waals surface area contributed by atoms with Crippen LogP contribution in [0.15, 0.2) is 130 Å². The van der Waals surface area contributed by atoms with Gasteiger partial charge in [0, 0.05) is 21.5 Å². The van der Waals surface area contributed by atoms with Crippen molar-refractivity contribution in [2.45, 2.75) is 0 Å². The fourth-order valence-corrected chi connectivity index (χ4v) is 11.1. The maximum absolute atomic E-state index is 6.95. The zero-order valence-electron chi connectivity index (χ0n) is 35.4. The molecule has 10 aromatic carbocycles. The summed E-state index contributed by atoms with van der Waals surface area (Å²) in [5.74, 6) is 0. The van der Waals surface area contributed by atoms with E-state index in [4.69, 9.17) is 8.83 Å². The lowest BCUT2D eigenvalue weighted by molar-refractivity contribution is 0.669. The number of hydrogen-bond donors (Lipinski definition) is 0. The summed E-state index contributed by atoms with van der Waals surface area (Å²) in [5.41, 5.74) is 19.3. The number of fused-ring (bicyclic) bond motifs is 14. The van der Waals surface area contributed by atoms with Gasteiger partial charge in [-0.2, -0.15) is 0 Å². The van der Waals surface area contributed by atoms with Crippen molar-refractivity contribution in [2.75, 3.05) is 0 Å². The Balaban J connectivity index is 1.35. The van der Waals surface area contributed by atoms with Gasteiger partial charge in [-0.25, -0.2) is 0 Å². The first-order chi connectivity index (χ1) is 29.1. The minimum atomic E-state index is 0.915. The average molecular weight is 755 g/mol. The van der Waals surface area contributed by atoms with Crippen molar-refractivity contribution < 1.29 is 8.83 Å². The van der Waals surface area contributed by atoms with Gasteiger partial charge in [0.2, 0.25) is 0 Å². The van der Waals surface area contributed by atoms with Gasteiger partial charge < -0.3 is 8.83 Å². The number of benzene rings is 10. The molecule has 2 nitrogen and oxygen atoms in total. The van der Waals surface area contributed by atoms with Crippen molar-refractivity contribution in [1.82, 2.24) is 0 Å². The van der Waals surface area contributed by atoms with Crippen LogP contribution in [-0.2, 0) is 0 Å². The average Bonchev–Trinajstić information content (AvgIpc) is 3.86. The van der Waals surface area contributed by atoms with Crippen molar-refractivity contribution >= 4 is 204 Å². The molecule has 0 atom stereocenters. The van der Waals surface area contributed by atoms with E-state index < -0.39 is 0 Å². The van der Waals surface area contributed by atoms with Crippen LogP contribution in [0.4, 0.5) is 0 Å². The largest absolute Gasteiger partial charge is 0.456 e. The summed E-state index contributed by atoms with van der Waals surface area (Å²) in [7, 11) is 18.6. The SMILES string of the molecule is Bc1c(B)c(B)c2c(-c3cc4oc5ccc6ccccc6c5c4c4ccccc34)c3c(B)c(B)c(B)c(B)c3c(-c3cc4oc5ccccc5c4c4ccccc34)c2c1B. The van der Waals surface area contributed by atoms with Gasteiger partial charge in [-0.05, 0) is 100 Å². The lowest BCUT2D eigenvalue weighted by atomic mass is 9.59. The molecule has 0 fully saturated rings. The Hall–Kier alpha value is -6.38. The molecule has 0 spiro atoms. The minimum absolute atomic E-state index is 0.915. The van der Waals surface area contributed by atoms with Gasteiger partial charge in [0.25, 0.3) is 0 Å². The minimum Gasteiger partial charge on any atom is -0.456 e. The van der Waals surface area contributed by atoms with Gasteiger partial charge in [0.05, 0.1) is 0 Å². The molecule has 2 aromatic heterocycles. The van der Waals surface area contributed by atoms with Gasteiger partial charge in [-0.1, -0.05) is 119 Å². The predicted octanol–water partition coefficient (Wildman–Crippen LogP) is 0.653. The van der Waals surface area contributed by atoms with Crippen molar-refractivity contribution in [3.8, 4) is 22.3 Å². The van der Waals surface area contributed by atoms with Gasteiger partial charge in [-0.3, -0.25) is 0 Å². The molecule has 0 saturated carbocycles. The van der Waals surface area contributed by atoms with Crippen LogP contribution < -0.4 is 43.7 Å². The van der Waals surface area contributed by atoms with Gasteiger partial charge in [0.15, 0.2) is 0 Å². The van der Waals surface area contributed by atoms with E-state index in [0.29, 0.717) is 0 Å².